The van der Waals surface area contributed by atoms with Crippen LogP contribution in [0.2, 0.25) is 0 Å². The second-order valence-electron chi connectivity index (χ2n) is 2.24. The number of hydrogen-bond donors (Lipinski definition) is 1. The van der Waals surface area contributed by atoms with Crippen molar-refractivity contribution in [2.45, 2.75) is 5.37 Å². The Morgan fingerprint density at radius 1 is 1.73 bits per heavy atom. The lowest BCUT2D eigenvalue weighted by Gasteiger charge is -2.06. The van der Waals surface area contributed by atoms with Crippen molar-refractivity contribution >= 4 is 16.9 Å². The first-order valence-electron chi connectivity index (χ1n) is 3.32. The zero-order valence-corrected chi connectivity index (χ0v) is 6.66. The van der Waals surface area contributed by atoms with Crippen LogP contribution in [0.1, 0.15) is 5.37 Å². The minimum absolute atomic E-state index is 0.269. The number of rotatable bonds is 1. The minimum Gasteiger partial charge on any atom is -0.378 e. The van der Waals surface area contributed by atoms with Gasteiger partial charge >= 0.3 is 0 Å². The van der Waals surface area contributed by atoms with Crippen LogP contribution in [0.4, 0.5) is 0 Å². The summed E-state index contributed by atoms with van der Waals surface area (Å²) in [6, 6.07) is 1.90. The van der Waals surface area contributed by atoms with Gasteiger partial charge in [0, 0.05) is 12.4 Å². The molecule has 0 aromatic carbocycles. The first kappa shape index (κ1) is 6.72. The lowest BCUT2D eigenvalue weighted by Crippen LogP contribution is -2.07. The molecule has 0 saturated carbocycles. The van der Waals surface area contributed by atoms with Crippen LogP contribution in [-0.4, -0.2) is 21.5 Å². The third-order valence-corrected chi connectivity index (χ3v) is 2.49. The van der Waals surface area contributed by atoms with Gasteiger partial charge in [0.05, 0.1) is 6.54 Å². The Morgan fingerprint density at radius 3 is 3.18 bits per heavy atom. The Bertz CT molecular complexity index is 266. The fraction of sp³-hybridized carbons (Fsp3) is 0.333. The Hall–Kier alpha value is -0.970. The van der Waals surface area contributed by atoms with E-state index >= 15 is 0 Å². The van der Waals surface area contributed by atoms with Crippen LogP contribution < -0.4 is 5.73 Å². The van der Waals surface area contributed by atoms with Gasteiger partial charge in [-0.05, 0) is 6.07 Å². The van der Waals surface area contributed by atoms with Crippen molar-refractivity contribution in [3.8, 4) is 0 Å². The van der Waals surface area contributed by atoms with Gasteiger partial charge in [0.25, 0.3) is 0 Å². The lowest BCUT2D eigenvalue weighted by atomic mass is 10.6. The summed E-state index contributed by atoms with van der Waals surface area (Å²) < 4.78 is 1.87. The molecule has 2 rings (SSSR count). The van der Waals surface area contributed by atoms with E-state index in [4.69, 9.17) is 5.73 Å². The molecule has 5 heteroatoms. The number of nitrogens with two attached hydrogens (primary N) is 1. The van der Waals surface area contributed by atoms with E-state index in [0.29, 0.717) is 5.17 Å². The van der Waals surface area contributed by atoms with Gasteiger partial charge < -0.3 is 5.73 Å². The number of thioether (sulfide) groups is 1. The fourth-order valence-electron chi connectivity index (χ4n) is 0.971. The predicted molar refractivity (Wildman–Crippen MR) is 45.3 cm³/mol. The summed E-state index contributed by atoms with van der Waals surface area (Å²) in [5.41, 5.74) is 5.50. The SMILES string of the molecule is NC1=NCC(n2cccn2)S1. The van der Waals surface area contributed by atoms with Crippen molar-refractivity contribution in [2.24, 2.45) is 10.7 Å². The van der Waals surface area contributed by atoms with E-state index in [-0.39, 0.29) is 5.37 Å². The van der Waals surface area contributed by atoms with E-state index in [1.807, 2.05) is 16.9 Å². The molecule has 58 valence electrons. The molecule has 1 unspecified atom stereocenters. The van der Waals surface area contributed by atoms with Gasteiger partial charge in [-0.1, -0.05) is 11.8 Å². The van der Waals surface area contributed by atoms with E-state index in [2.05, 4.69) is 10.1 Å². The van der Waals surface area contributed by atoms with Crippen LogP contribution in [0.15, 0.2) is 23.5 Å². The zero-order chi connectivity index (χ0) is 7.68. The van der Waals surface area contributed by atoms with Gasteiger partial charge in [0.2, 0.25) is 0 Å². The maximum absolute atomic E-state index is 5.50. The molecule has 1 aliphatic heterocycles. The molecule has 11 heavy (non-hydrogen) atoms. The molecule has 0 saturated heterocycles. The van der Waals surface area contributed by atoms with E-state index < -0.39 is 0 Å². The van der Waals surface area contributed by atoms with Crippen molar-refractivity contribution in [3.05, 3.63) is 18.5 Å². The maximum Gasteiger partial charge on any atom is 0.156 e. The Kier molecular flexibility index (Phi) is 1.58. The lowest BCUT2D eigenvalue weighted by molar-refractivity contribution is 0.617. The molecule has 0 spiro atoms. The number of amidine groups is 1. The van der Waals surface area contributed by atoms with E-state index in [9.17, 15) is 0 Å². The summed E-state index contributed by atoms with van der Waals surface area (Å²) in [5, 5.41) is 5.03. The van der Waals surface area contributed by atoms with Crippen molar-refractivity contribution in [3.63, 3.8) is 0 Å². The molecule has 0 fully saturated rings. The molecular weight excluding hydrogens is 160 g/mol. The first-order chi connectivity index (χ1) is 5.36. The number of aromatic nitrogens is 2. The van der Waals surface area contributed by atoms with Gasteiger partial charge in [-0.2, -0.15) is 5.10 Å². The largest absolute Gasteiger partial charge is 0.378 e. The third kappa shape index (κ3) is 1.23. The molecule has 4 nitrogen and oxygen atoms in total. The van der Waals surface area contributed by atoms with Crippen LogP contribution in [0.5, 0.6) is 0 Å². The maximum atomic E-state index is 5.50. The minimum atomic E-state index is 0.269. The number of nitrogens with zero attached hydrogens (tertiary/aromatic N) is 3. The topological polar surface area (TPSA) is 56.2 Å². The standard InChI is InChI=1S/C6H8N4S/c7-6-8-4-5(11-6)10-3-1-2-9-10/h1-3,5H,4H2,(H2,7,8). The Labute approximate surface area is 68.5 Å². The van der Waals surface area contributed by atoms with Gasteiger partial charge in [0.1, 0.15) is 5.37 Å². The number of hydrogen-bond acceptors (Lipinski definition) is 4. The summed E-state index contributed by atoms with van der Waals surface area (Å²) in [4.78, 5) is 4.07. The molecule has 1 atom stereocenters. The highest BCUT2D eigenvalue weighted by atomic mass is 32.2. The van der Waals surface area contributed by atoms with Crippen LogP contribution in [0.25, 0.3) is 0 Å². The smallest absolute Gasteiger partial charge is 0.156 e. The highest BCUT2D eigenvalue weighted by molar-refractivity contribution is 8.14. The monoisotopic (exact) mass is 168 g/mol. The molecule has 0 bridgehead atoms. The van der Waals surface area contributed by atoms with Gasteiger partial charge in [-0.3, -0.25) is 9.67 Å². The summed E-state index contributed by atoms with van der Waals surface area (Å²) in [7, 11) is 0. The van der Waals surface area contributed by atoms with Crippen molar-refractivity contribution < 1.29 is 0 Å². The van der Waals surface area contributed by atoms with E-state index in [1.165, 1.54) is 0 Å². The highest BCUT2D eigenvalue weighted by Crippen LogP contribution is 2.27. The molecule has 0 aliphatic carbocycles. The summed E-state index contributed by atoms with van der Waals surface area (Å²) in [5.74, 6) is 0. The normalized spacial score (nSPS) is 23.6. The molecular formula is C6H8N4S. The summed E-state index contributed by atoms with van der Waals surface area (Å²) in [6.45, 7) is 0.734. The molecule has 2 heterocycles. The second kappa shape index (κ2) is 2.58. The van der Waals surface area contributed by atoms with E-state index in [0.717, 1.165) is 6.54 Å². The van der Waals surface area contributed by atoms with Crippen LogP contribution in [-0.2, 0) is 0 Å². The molecule has 1 aromatic rings. The third-order valence-electron chi connectivity index (χ3n) is 1.48. The van der Waals surface area contributed by atoms with Crippen LogP contribution >= 0.6 is 11.8 Å². The van der Waals surface area contributed by atoms with Crippen molar-refractivity contribution in [1.82, 2.24) is 9.78 Å². The zero-order valence-electron chi connectivity index (χ0n) is 5.84. The van der Waals surface area contributed by atoms with Crippen LogP contribution in [0, 0.1) is 0 Å². The Morgan fingerprint density at radius 2 is 2.64 bits per heavy atom. The fourth-order valence-corrected chi connectivity index (χ4v) is 1.78. The molecule has 0 amide bonds. The van der Waals surface area contributed by atoms with Crippen LogP contribution in [0.3, 0.4) is 0 Å². The van der Waals surface area contributed by atoms with Gasteiger partial charge in [-0.15, -0.1) is 0 Å². The van der Waals surface area contributed by atoms with Crippen molar-refractivity contribution in [1.29, 1.82) is 0 Å². The average molecular weight is 168 g/mol. The summed E-state index contributed by atoms with van der Waals surface area (Å²) >= 11 is 1.55. The number of aliphatic imine (C=N–C) groups is 1. The van der Waals surface area contributed by atoms with Gasteiger partial charge in [0.15, 0.2) is 5.17 Å². The summed E-state index contributed by atoms with van der Waals surface area (Å²) in [6.07, 6.45) is 3.68. The molecule has 0 radical (unpaired) electrons. The second-order valence-corrected chi connectivity index (χ2v) is 3.44. The quantitative estimate of drug-likeness (QED) is 0.662. The van der Waals surface area contributed by atoms with Gasteiger partial charge in [-0.25, -0.2) is 0 Å². The van der Waals surface area contributed by atoms with E-state index in [1.54, 1.807) is 18.0 Å². The highest BCUT2D eigenvalue weighted by Gasteiger charge is 2.18. The Balaban J connectivity index is 2.11. The predicted octanol–water partition coefficient (Wildman–Crippen LogP) is 0.443. The van der Waals surface area contributed by atoms with Crippen molar-refractivity contribution in [2.75, 3.05) is 6.54 Å². The molecule has 1 aromatic heterocycles. The molecule has 2 N–H and O–H groups in total. The first-order valence-corrected chi connectivity index (χ1v) is 4.20. The molecule has 1 aliphatic rings. The average Bonchev–Trinajstić information content (AvgIpc) is 2.55.